The number of hydrogen-bond acceptors (Lipinski definition) is 5. The molecule has 0 aliphatic carbocycles. The highest BCUT2D eigenvalue weighted by Gasteiger charge is 2.09. The highest BCUT2D eigenvalue weighted by Crippen LogP contribution is 2.01. The normalized spacial score (nSPS) is 10.6. The molecule has 0 atom stereocenters. The molecule has 6 heteroatoms. The van der Waals surface area contributed by atoms with Crippen LogP contribution in [0.2, 0.25) is 0 Å². The van der Waals surface area contributed by atoms with Crippen molar-refractivity contribution < 1.29 is 22.1 Å². The van der Waals surface area contributed by atoms with E-state index in [1.165, 1.54) is 0 Å². The second-order valence-electron chi connectivity index (χ2n) is 3.15. The van der Waals surface area contributed by atoms with E-state index in [1.807, 2.05) is 0 Å². The molecule has 0 amide bonds. The number of esters is 1. The molecule has 0 rings (SSSR count). The highest BCUT2D eigenvalue weighted by atomic mass is 32.2. The first-order chi connectivity index (χ1) is 7.39. The van der Waals surface area contributed by atoms with Gasteiger partial charge in [-0.2, -0.15) is 8.42 Å². The first kappa shape index (κ1) is 14.7. The molecule has 0 radical (unpaired) electrons. The van der Waals surface area contributed by atoms with Gasteiger partial charge in [-0.05, 0) is 19.8 Å². The molecule has 0 aliphatic heterocycles. The van der Waals surface area contributed by atoms with E-state index in [4.69, 9.17) is 4.74 Å². The maximum Gasteiger partial charge on any atom is 0.333 e. The number of unbranched alkanes of at least 4 members (excludes halogenated alkanes) is 1. The zero-order valence-corrected chi connectivity index (χ0v) is 10.1. The summed E-state index contributed by atoms with van der Waals surface area (Å²) in [5.41, 5.74) is 0.322. The van der Waals surface area contributed by atoms with Crippen molar-refractivity contribution in [1.29, 1.82) is 0 Å². The minimum absolute atomic E-state index is 0.121. The van der Waals surface area contributed by atoms with Crippen LogP contribution in [-0.2, 0) is 23.8 Å². The Kier molecular flexibility index (Phi) is 6.48. The third-order valence-electron chi connectivity index (χ3n) is 1.58. The lowest BCUT2D eigenvalue weighted by atomic mass is 10.3. The smallest absolute Gasteiger partial charge is 0.333 e. The van der Waals surface area contributed by atoms with Crippen LogP contribution in [0.15, 0.2) is 25.0 Å². The summed E-state index contributed by atoms with van der Waals surface area (Å²) in [4.78, 5) is 10.9. The number of carbonyl (C=O) groups excluding carboxylic acids is 1. The molecule has 0 N–H and O–H groups in total. The van der Waals surface area contributed by atoms with Crippen molar-refractivity contribution in [3.63, 3.8) is 0 Å². The molecule has 0 unspecified atom stereocenters. The van der Waals surface area contributed by atoms with Gasteiger partial charge in [0, 0.05) is 5.57 Å². The van der Waals surface area contributed by atoms with Crippen LogP contribution >= 0.6 is 0 Å². The summed E-state index contributed by atoms with van der Waals surface area (Å²) in [6.07, 6.45) is 1.69. The lowest BCUT2D eigenvalue weighted by Crippen LogP contribution is -2.10. The maximum absolute atomic E-state index is 11.0. The van der Waals surface area contributed by atoms with Gasteiger partial charge in [-0.25, -0.2) is 4.79 Å². The van der Waals surface area contributed by atoms with Crippen molar-refractivity contribution in [2.24, 2.45) is 0 Å². The summed E-state index contributed by atoms with van der Waals surface area (Å²) in [6, 6.07) is 0. The maximum atomic E-state index is 11.0. The average Bonchev–Trinajstić information content (AvgIpc) is 2.16. The first-order valence-electron chi connectivity index (χ1n) is 4.73. The second-order valence-corrected chi connectivity index (χ2v) is 4.86. The lowest BCUT2D eigenvalue weighted by Gasteiger charge is -2.04. The first-order valence-corrected chi connectivity index (χ1v) is 6.31. The van der Waals surface area contributed by atoms with Crippen LogP contribution < -0.4 is 0 Å². The van der Waals surface area contributed by atoms with Gasteiger partial charge >= 0.3 is 16.1 Å². The summed E-state index contributed by atoms with van der Waals surface area (Å²) < 4.78 is 31.1. The number of rotatable bonds is 8. The van der Waals surface area contributed by atoms with Gasteiger partial charge in [0.15, 0.2) is 0 Å². The number of carbonyl (C=O) groups is 1. The molecular weight excluding hydrogens is 232 g/mol. The van der Waals surface area contributed by atoms with Crippen LogP contribution in [0.25, 0.3) is 0 Å². The number of ether oxygens (including phenoxy) is 1. The fourth-order valence-corrected chi connectivity index (χ4v) is 1.68. The quantitative estimate of drug-likeness (QED) is 0.213. The fraction of sp³-hybridized carbons (Fsp3) is 0.500. The van der Waals surface area contributed by atoms with E-state index in [1.54, 1.807) is 6.92 Å². The summed E-state index contributed by atoms with van der Waals surface area (Å²) in [7, 11) is -3.52. The summed E-state index contributed by atoms with van der Waals surface area (Å²) >= 11 is 0. The van der Waals surface area contributed by atoms with E-state index < -0.39 is 16.1 Å². The predicted octanol–water partition coefficient (Wildman–Crippen LogP) is 1.38. The van der Waals surface area contributed by atoms with Gasteiger partial charge in [0.25, 0.3) is 0 Å². The Bertz CT molecular complexity index is 355. The van der Waals surface area contributed by atoms with Crippen LogP contribution in [0.3, 0.4) is 0 Å². The van der Waals surface area contributed by atoms with Gasteiger partial charge in [-0.1, -0.05) is 13.2 Å². The minimum atomic E-state index is -3.52. The fourth-order valence-electron chi connectivity index (χ4n) is 0.821. The Morgan fingerprint density at radius 3 is 2.50 bits per heavy atom. The molecule has 0 aromatic carbocycles. The zero-order chi connectivity index (χ0) is 12.6. The van der Waals surface area contributed by atoms with E-state index in [0.29, 0.717) is 18.4 Å². The third-order valence-corrected chi connectivity index (χ3v) is 2.80. The molecule has 5 nitrogen and oxygen atoms in total. The molecule has 0 spiro atoms. The SMILES string of the molecule is C=COS(=O)(=O)CCCCOC(=O)C(=C)C. The molecule has 0 aromatic rings. The standard InChI is InChI=1S/C10H16O5S/c1-4-15-16(12,13)8-6-5-7-14-10(11)9(2)3/h4H,1-2,5-8H2,3H3. The van der Waals surface area contributed by atoms with Gasteiger partial charge in [-0.15, -0.1) is 0 Å². The van der Waals surface area contributed by atoms with Gasteiger partial charge in [-0.3, -0.25) is 0 Å². The Hall–Kier alpha value is -1.30. The largest absolute Gasteiger partial charge is 0.462 e. The van der Waals surface area contributed by atoms with Crippen molar-refractivity contribution in [3.8, 4) is 0 Å². The molecular formula is C10H16O5S. The molecule has 16 heavy (non-hydrogen) atoms. The molecule has 0 aliphatic rings. The molecule has 0 saturated carbocycles. The lowest BCUT2D eigenvalue weighted by molar-refractivity contribution is -0.139. The zero-order valence-electron chi connectivity index (χ0n) is 9.27. The summed E-state index contributed by atoms with van der Waals surface area (Å²) in [5, 5.41) is 0. The Morgan fingerprint density at radius 1 is 1.38 bits per heavy atom. The van der Waals surface area contributed by atoms with Crippen LogP contribution in [0.5, 0.6) is 0 Å². The second kappa shape index (κ2) is 7.05. The number of hydrogen-bond donors (Lipinski definition) is 0. The Balaban J connectivity index is 3.66. The molecule has 0 bridgehead atoms. The van der Waals surface area contributed by atoms with Gasteiger partial charge in [0.1, 0.15) is 0 Å². The van der Waals surface area contributed by atoms with Crippen molar-refractivity contribution >= 4 is 16.1 Å². The Morgan fingerprint density at radius 2 is 2.00 bits per heavy atom. The monoisotopic (exact) mass is 248 g/mol. The van der Waals surface area contributed by atoms with E-state index in [9.17, 15) is 13.2 Å². The van der Waals surface area contributed by atoms with Gasteiger partial charge < -0.3 is 8.92 Å². The van der Waals surface area contributed by atoms with Gasteiger partial charge in [0.2, 0.25) is 0 Å². The third kappa shape index (κ3) is 7.05. The molecule has 0 heterocycles. The molecule has 92 valence electrons. The van der Waals surface area contributed by atoms with Crippen LogP contribution in [-0.4, -0.2) is 26.7 Å². The van der Waals surface area contributed by atoms with E-state index in [2.05, 4.69) is 17.3 Å². The van der Waals surface area contributed by atoms with Crippen LogP contribution in [0, 0.1) is 0 Å². The van der Waals surface area contributed by atoms with Crippen LogP contribution in [0.4, 0.5) is 0 Å². The minimum Gasteiger partial charge on any atom is -0.462 e. The predicted molar refractivity (Wildman–Crippen MR) is 60.1 cm³/mol. The molecule has 0 fully saturated rings. The van der Waals surface area contributed by atoms with Crippen molar-refractivity contribution in [1.82, 2.24) is 0 Å². The average molecular weight is 248 g/mol. The topological polar surface area (TPSA) is 69.7 Å². The van der Waals surface area contributed by atoms with Crippen molar-refractivity contribution in [2.75, 3.05) is 12.4 Å². The van der Waals surface area contributed by atoms with Gasteiger partial charge in [0.05, 0.1) is 18.6 Å². The highest BCUT2D eigenvalue weighted by molar-refractivity contribution is 7.86. The van der Waals surface area contributed by atoms with Crippen LogP contribution in [0.1, 0.15) is 19.8 Å². The van der Waals surface area contributed by atoms with Crippen molar-refractivity contribution in [3.05, 3.63) is 25.0 Å². The van der Waals surface area contributed by atoms with Crippen molar-refractivity contribution in [2.45, 2.75) is 19.8 Å². The van der Waals surface area contributed by atoms with E-state index in [-0.39, 0.29) is 12.4 Å². The molecule has 0 aromatic heterocycles. The molecule has 0 saturated heterocycles. The van der Waals surface area contributed by atoms with E-state index >= 15 is 0 Å². The van der Waals surface area contributed by atoms with E-state index in [0.717, 1.165) is 6.26 Å². The summed E-state index contributed by atoms with van der Waals surface area (Å²) in [6.45, 7) is 8.29. The summed E-state index contributed by atoms with van der Waals surface area (Å²) in [5.74, 6) is -0.589. The Labute approximate surface area is 95.9 Å².